The van der Waals surface area contributed by atoms with Crippen LogP contribution in [0, 0.1) is 13.8 Å². The molecule has 0 aliphatic rings. The summed E-state index contributed by atoms with van der Waals surface area (Å²) in [5, 5.41) is 6.15. The first kappa shape index (κ1) is 17.7. The zero-order valence-corrected chi connectivity index (χ0v) is 15.9. The van der Waals surface area contributed by atoms with Gasteiger partial charge in [-0.2, -0.15) is 0 Å². The average molecular weight is 369 g/mol. The van der Waals surface area contributed by atoms with Gasteiger partial charge in [0.2, 0.25) is 0 Å². The van der Waals surface area contributed by atoms with E-state index in [1.165, 1.54) is 5.56 Å². The molecule has 1 N–H and O–H groups in total. The Morgan fingerprint density at radius 2 is 1.80 bits per heavy atom. The van der Waals surface area contributed by atoms with E-state index in [4.69, 9.17) is 0 Å². The highest BCUT2D eigenvalue weighted by Gasteiger charge is 2.06. The Morgan fingerprint density at radius 3 is 2.44 bits per heavy atom. The van der Waals surface area contributed by atoms with Gasteiger partial charge in [-0.1, -0.05) is 29.8 Å². The fraction of sp³-hybridized carbons (Fsp3) is 0.200. The number of hydrogen-bond acceptors (Lipinski definition) is 4. The smallest absolute Gasteiger partial charge is 0.251 e. The third kappa shape index (κ3) is 5.18. The second kappa shape index (κ2) is 8.32. The van der Waals surface area contributed by atoms with Gasteiger partial charge in [0, 0.05) is 28.1 Å². The van der Waals surface area contributed by atoms with Gasteiger partial charge in [0.25, 0.3) is 5.91 Å². The zero-order valence-electron chi connectivity index (χ0n) is 14.3. The van der Waals surface area contributed by atoms with E-state index in [1.54, 1.807) is 23.1 Å². The Balaban J connectivity index is 1.52. The highest BCUT2D eigenvalue weighted by Crippen LogP contribution is 2.23. The van der Waals surface area contributed by atoms with Crippen molar-refractivity contribution in [1.29, 1.82) is 0 Å². The number of carbonyl (C=O) groups excluding carboxylic acids is 1. The van der Waals surface area contributed by atoms with Crippen molar-refractivity contribution in [1.82, 2.24) is 10.3 Å². The van der Waals surface area contributed by atoms with Gasteiger partial charge in [-0.3, -0.25) is 4.79 Å². The Hall–Kier alpha value is -2.11. The number of hydrogen-bond donors (Lipinski definition) is 1. The molecule has 0 spiro atoms. The van der Waals surface area contributed by atoms with Crippen LogP contribution in [0.15, 0.2) is 58.8 Å². The summed E-state index contributed by atoms with van der Waals surface area (Å²) in [6.45, 7) is 4.61. The number of rotatable bonds is 6. The van der Waals surface area contributed by atoms with E-state index in [0.29, 0.717) is 12.1 Å². The number of aryl methyl sites for hydroxylation is 2. The summed E-state index contributed by atoms with van der Waals surface area (Å²) in [5.41, 5.74) is 4.11. The molecule has 0 radical (unpaired) electrons. The van der Waals surface area contributed by atoms with Crippen molar-refractivity contribution in [2.45, 2.75) is 31.0 Å². The summed E-state index contributed by atoms with van der Waals surface area (Å²) in [7, 11) is 0. The quantitative estimate of drug-likeness (QED) is 0.624. The molecule has 1 aromatic heterocycles. The largest absolute Gasteiger partial charge is 0.348 e. The molecule has 128 valence electrons. The molecule has 3 nitrogen and oxygen atoms in total. The number of amides is 1. The van der Waals surface area contributed by atoms with E-state index < -0.39 is 0 Å². The summed E-state index contributed by atoms with van der Waals surface area (Å²) in [4.78, 5) is 17.9. The average Bonchev–Trinajstić information content (AvgIpc) is 3.05. The van der Waals surface area contributed by atoms with Crippen LogP contribution >= 0.6 is 23.1 Å². The van der Waals surface area contributed by atoms with E-state index in [2.05, 4.69) is 34.7 Å². The van der Waals surface area contributed by atoms with Crippen molar-refractivity contribution in [3.8, 4) is 0 Å². The van der Waals surface area contributed by atoms with Crippen LogP contribution < -0.4 is 5.32 Å². The van der Waals surface area contributed by atoms with Gasteiger partial charge >= 0.3 is 0 Å². The first-order chi connectivity index (χ1) is 12.1. The number of thiazole rings is 1. The topological polar surface area (TPSA) is 42.0 Å². The van der Waals surface area contributed by atoms with E-state index in [0.717, 1.165) is 26.9 Å². The van der Waals surface area contributed by atoms with Crippen LogP contribution in [0.5, 0.6) is 0 Å². The summed E-state index contributed by atoms with van der Waals surface area (Å²) in [6.07, 6.45) is 0. The van der Waals surface area contributed by atoms with Crippen LogP contribution in [0.2, 0.25) is 0 Å². The second-order valence-electron chi connectivity index (χ2n) is 5.84. The van der Waals surface area contributed by atoms with E-state index in [9.17, 15) is 4.79 Å². The summed E-state index contributed by atoms with van der Waals surface area (Å²) < 4.78 is 0. The highest BCUT2D eigenvalue weighted by molar-refractivity contribution is 7.98. The molecule has 0 fully saturated rings. The maximum Gasteiger partial charge on any atom is 0.251 e. The lowest BCUT2D eigenvalue weighted by atomic mass is 10.1. The van der Waals surface area contributed by atoms with E-state index in [-0.39, 0.29) is 5.91 Å². The van der Waals surface area contributed by atoms with Crippen LogP contribution in [0.3, 0.4) is 0 Å². The number of nitrogens with one attached hydrogen (secondary N) is 1. The van der Waals surface area contributed by atoms with Crippen molar-refractivity contribution >= 4 is 29.0 Å². The van der Waals surface area contributed by atoms with Crippen molar-refractivity contribution in [3.63, 3.8) is 0 Å². The fourth-order valence-corrected chi connectivity index (χ4v) is 3.83. The molecule has 0 aliphatic heterocycles. The van der Waals surface area contributed by atoms with Gasteiger partial charge < -0.3 is 5.32 Å². The molecular weight excluding hydrogens is 348 g/mol. The summed E-state index contributed by atoms with van der Waals surface area (Å²) in [6, 6.07) is 15.9. The number of aromatic nitrogens is 1. The van der Waals surface area contributed by atoms with Crippen LogP contribution in [0.25, 0.3) is 0 Å². The summed E-state index contributed by atoms with van der Waals surface area (Å²) in [5.74, 6) is 0.802. The SMILES string of the molecule is Cc1ccc(CNC(=O)c2ccc(SCc3csc(C)n3)cc2)cc1. The third-order valence-corrected chi connectivity index (χ3v) is 5.61. The Labute approximate surface area is 156 Å². The Bertz CT molecular complexity index is 839. The van der Waals surface area contributed by atoms with Crippen LogP contribution in [0.4, 0.5) is 0 Å². The molecule has 1 amide bonds. The molecule has 1 heterocycles. The highest BCUT2D eigenvalue weighted by atomic mass is 32.2. The Morgan fingerprint density at radius 1 is 1.08 bits per heavy atom. The monoisotopic (exact) mass is 368 g/mol. The van der Waals surface area contributed by atoms with E-state index in [1.807, 2.05) is 43.3 Å². The minimum Gasteiger partial charge on any atom is -0.348 e. The number of thioether (sulfide) groups is 1. The zero-order chi connectivity index (χ0) is 17.6. The molecule has 0 unspecified atom stereocenters. The predicted molar refractivity (Wildman–Crippen MR) is 105 cm³/mol. The molecule has 25 heavy (non-hydrogen) atoms. The van der Waals surface area contributed by atoms with Crippen molar-refractivity contribution in [2.75, 3.05) is 0 Å². The predicted octanol–water partition coefficient (Wildman–Crippen LogP) is 4.98. The molecule has 0 saturated carbocycles. The lowest BCUT2D eigenvalue weighted by Gasteiger charge is -2.07. The standard InChI is InChI=1S/C20H20N2OS2/c1-14-3-5-16(6-4-14)11-21-20(23)17-7-9-19(10-8-17)25-13-18-12-24-15(2)22-18/h3-10,12H,11,13H2,1-2H3,(H,21,23). The van der Waals surface area contributed by atoms with Gasteiger partial charge in [-0.05, 0) is 43.7 Å². The third-order valence-electron chi connectivity index (χ3n) is 3.74. The first-order valence-corrected chi connectivity index (χ1v) is 9.94. The molecule has 3 aromatic rings. The lowest BCUT2D eigenvalue weighted by Crippen LogP contribution is -2.22. The van der Waals surface area contributed by atoms with Gasteiger partial charge in [-0.25, -0.2) is 4.98 Å². The molecular formula is C20H20N2OS2. The molecule has 5 heteroatoms. The maximum absolute atomic E-state index is 12.3. The van der Waals surface area contributed by atoms with Gasteiger partial charge in [0.1, 0.15) is 0 Å². The molecule has 0 bridgehead atoms. The normalized spacial score (nSPS) is 10.6. The molecule has 2 aromatic carbocycles. The van der Waals surface area contributed by atoms with Gasteiger partial charge in [0.15, 0.2) is 0 Å². The Kier molecular flexibility index (Phi) is 5.89. The van der Waals surface area contributed by atoms with Crippen molar-refractivity contribution in [3.05, 3.63) is 81.3 Å². The van der Waals surface area contributed by atoms with Crippen molar-refractivity contribution in [2.24, 2.45) is 0 Å². The van der Waals surface area contributed by atoms with Gasteiger partial charge in [0.05, 0.1) is 10.7 Å². The molecule has 0 saturated heterocycles. The molecule has 0 aliphatic carbocycles. The van der Waals surface area contributed by atoms with Crippen LogP contribution in [-0.2, 0) is 12.3 Å². The lowest BCUT2D eigenvalue weighted by molar-refractivity contribution is 0.0951. The maximum atomic E-state index is 12.3. The number of carbonyl (C=O) groups is 1. The van der Waals surface area contributed by atoms with Gasteiger partial charge in [-0.15, -0.1) is 23.1 Å². The second-order valence-corrected chi connectivity index (χ2v) is 7.95. The number of nitrogens with zero attached hydrogens (tertiary/aromatic N) is 1. The fourth-order valence-electron chi connectivity index (χ4n) is 2.32. The first-order valence-electron chi connectivity index (χ1n) is 8.08. The number of benzene rings is 2. The summed E-state index contributed by atoms with van der Waals surface area (Å²) >= 11 is 3.40. The minimum atomic E-state index is -0.0488. The van der Waals surface area contributed by atoms with Crippen molar-refractivity contribution < 1.29 is 4.79 Å². The van der Waals surface area contributed by atoms with E-state index >= 15 is 0 Å². The minimum absolute atomic E-state index is 0.0488. The molecule has 0 atom stereocenters. The van der Waals surface area contributed by atoms with Crippen LogP contribution in [-0.4, -0.2) is 10.9 Å². The molecule has 3 rings (SSSR count). The van der Waals surface area contributed by atoms with Crippen LogP contribution in [0.1, 0.15) is 32.2 Å².